The summed E-state index contributed by atoms with van der Waals surface area (Å²) in [5, 5.41) is 4.90. The van der Waals surface area contributed by atoms with Crippen molar-refractivity contribution in [3.63, 3.8) is 0 Å². The molecule has 1 aliphatic rings. The molecule has 1 aliphatic heterocycles. The highest BCUT2D eigenvalue weighted by atomic mass is 35.5. The van der Waals surface area contributed by atoms with Crippen LogP contribution in [0.25, 0.3) is 0 Å². The molecule has 4 heteroatoms. The van der Waals surface area contributed by atoms with Crippen molar-refractivity contribution in [2.45, 2.75) is 25.4 Å². The highest BCUT2D eigenvalue weighted by Gasteiger charge is 2.13. The monoisotopic (exact) mass is 259 g/mol. The molecule has 0 unspecified atom stereocenters. The molecular weight excluding hydrogens is 245 g/mol. The van der Waals surface area contributed by atoms with Gasteiger partial charge in [0.15, 0.2) is 0 Å². The van der Waals surface area contributed by atoms with Crippen LogP contribution in [0.2, 0.25) is 10.0 Å². The number of nitrogens with one attached hydrogen (secondary N) is 1. The Morgan fingerprint density at radius 3 is 2.69 bits per heavy atom. The quantitative estimate of drug-likeness (QED) is 0.900. The number of hydrogen-bond acceptors (Lipinski definition) is 2. The van der Waals surface area contributed by atoms with Crippen molar-refractivity contribution in [1.82, 2.24) is 5.32 Å². The fraction of sp³-hybridized carbons (Fsp3) is 0.500. The molecule has 0 spiro atoms. The topological polar surface area (TPSA) is 21.3 Å². The van der Waals surface area contributed by atoms with E-state index in [2.05, 4.69) is 5.32 Å². The predicted octanol–water partition coefficient (Wildman–Crippen LogP) is 3.26. The van der Waals surface area contributed by atoms with Crippen molar-refractivity contribution >= 4 is 23.2 Å². The van der Waals surface area contributed by atoms with E-state index in [4.69, 9.17) is 27.9 Å². The molecule has 88 valence electrons. The van der Waals surface area contributed by atoms with Crippen molar-refractivity contribution < 1.29 is 4.74 Å². The van der Waals surface area contributed by atoms with Gasteiger partial charge in [0.1, 0.15) is 0 Å². The molecule has 0 saturated carbocycles. The fourth-order valence-electron chi connectivity index (χ4n) is 1.82. The SMILES string of the molecule is Clc1ccc(CNC2CCOCC2)c(Cl)c1. The van der Waals surface area contributed by atoms with Gasteiger partial charge in [0.05, 0.1) is 0 Å². The molecule has 0 radical (unpaired) electrons. The molecule has 1 aromatic rings. The van der Waals surface area contributed by atoms with Gasteiger partial charge in [-0.2, -0.15) is 0 Å². The molecule has 16 heavy (non-hydrogen) atoms. The Kier molecular flexibility index (Phi) is 4.47. The van der Waals surface area contributed by atoms with Crippen LogP contribution in [0.15, 0.2) is 18.2 Å². The zero-order valence-corrected chi connectivity index (χ0v) is 10.5. The summed E-state index contributed by atoms with van der Waals surface area (Å²) in [5.41, 5.74) is 1.09. The first-order valence-corrected chi connectivity index (χ1v) is 6.26. The van der Waals surface area contributed by atoms with E-state index in [0.717, 1.165) is 43.2 Å². The number of benzene rings is 1. The van der Waals surface area contributed by atoms with Gasteiger partial charge in [0.25, 0.3) is 0 Å². The molecule has 2 nitrogen and oxygen atoms in total. The van der Waals surface area contributed by atoms with Crippen LogP contribution in [0.5, 0.6) is 0 Å². The summed E-state index contributed by atoms with van der Waals surface area (Å²) in [7, 11) is 0. The number of hydrogen-bond donors (Lipinski definition) is 1. The highest BCUT2D eigenvalue weighted by Crippen LogP contribution is 2.21. The van der Waals surface area contributed by atoms with Gasteiger partial charge in [0, 0.05) is 35.8 Å². The minimum Gasteiger partial charge on any atom is -0.381 e. The molecule has 0 aliphatic carbocycles. The van der Waals surface area contributed by atoms with Crippen LogP contribution in [0.3, 0.4) is 0 Å². The van der Waals surface area contributed by atoms with Crippen molar-refractivity contribution in [3.05, 3.63) is 33.8 Å². The van der Waals surface area contributed by atoms with Crippen molar-refractivity contribution in [2.24, 2.45) is 0 Å². The maximum Gasteiger partial charge on any atom is 0.0480 e. The summed E-state index contributed by atoms with van der Waals surface area (Å²) in [6.45, 7) is 2.50. The second kappa shape index (κ2) is 5.87. The van der Waals surface area contributed by atoms with Gasteiger partial charge in [-0.1, -0.05) is 29.3 Å². The average Bonchev–Trinajstić information content (AvgIpc) is 2.29. The standard InChI is InChI=1S/C12H15Cl2NO/c13-10-2-1-9(12(14)7-10)8-15-11-3-5-16-6-4-11/h1-2,7,11,15H,3-6,8H2. The maximum absolute atomic E-state index is 6.10. The Labute approximate surface area is 106 Å². The van der Waals surface area contributed by atoms with Gasteiger partial charge < -0.3 is 10.1 Å². The first kappa shape index (κ1) is 12.2. The van der Waals surface area contributed by atoms with E-state index >= 15 is 0 Å². The summed E-state index contributed by atoms with van der Waals surface area (Å²) in [6, 6.07) is 6.16. The molecule has 1 aromatic carbocycles. The molecule has 1 fully saturated rings. The summed E-state index contributed by atoms with van der Waals surface area (Å²) < 4.78 is 5.31. The third-order valence-corrected chi connectivity index (χ3v) is 3.40. The van der Waals surface area contributed by atoms with E-state index in [0.29, 0.717) is 11.1 Å². The summed E-state index contributed by atoms with van der Waals surface area (Å²) in [6.07, 6.45) is 2.15. The molecule has 0 atom stereocenters. The van der Waals surface area contributed by atoms with Gasteiger partial charge >= 0.3 is 0 Å². The van der Waals surface area contributed by atoms with Gasteiger partial charge in [-0.3, -0.25) is 0 Å². The van der Waals surface area contributed by atoms with Gasteiger partial charge in [0.2, 0.25) is 0 Å². The lowest BCUT2D eigenvalue weighted by atomic mass is 10.1. The maximum atomic E-state index is 6.10. The zero-order valence-electron chi connectivity index (χ0n) is 9.01. The normalized spacial score (nSPS) is 17.6. The van der Waals surface area contributed by atoms with Gasteiger partial charge in [-0.25, -0.2) is 0 Å². The Balaban J connectivity index is 1.88. The van der Waals surface area contributed by atoms with Crippen molar-refractivity contribution in [2.75, 3.05) is 13.2 Å². The van der Waals surface area contributed by atoms with Crippen LogP contribution in [0.4, 0.5) is 0 Å². The zero-order chi connectivity index (χ0) is 11.4. The Morgan fingerprint density at radius 1 is 1.25 bits per heavy atom. The van der Waals surface area contributed by atoms with E-state index in [1.54, 1.807) is 6.07 Å². The Bertz CT molecular complexity index is 351. The molecule has 2 rings (SSSR count). The lowest BCUT2D eigenvalue weighted by Crippen LogP contribution is -2.34. The fourth-order valence-corrected chi connectivity index (χ4v) is 2.30. The van der Waals surface area contributed by atoms with E-state index in [1.165, 1.54) is 0 Å². The molecule has 0 bridgehead atoms. The third-order valence-electron chi connectivity index (χ3n) is 2.82. The van der Waals surface area contributed by atoms with Crippen LogP contribution >= 0.6 is 23.2 Å². The Hall–Kier alpha value is -0.280. The van der Waals surface area contributed by atoms with Crippen molar-refractivity contribution in [1.29, 1.82) is 0 Å². The third kappa shape index (κ3) is 3.36. The second-order valence-corrected chi connectivity index (χ2v) is 4.85. The van der Waals surface area contributed by atoms with E-state index in [9.17, 15) is 0 Å². The van der Waals surface area contributed by atoms with Crippen molar-refractivity contribution in [3.8, 4) is 0 Å². The number of rotatable bonds is 3. The molecule has 1 N–H and O–H groups in total. The lowest BCUT2D eigenvalue weighted by molar-refractivity contribution is 0.0776. The lowest BCUT2D eigenvalue weighted by Gasteiger charge is -2.23. The highest BCUT2D eigenvalue weighted by molar-refractivity contribution is 6.35. The van der Waals surface area contributed by atoms with Crippen LogP contribution < -0.4 is 5.32 Å². The first-order valence-electron chi connectivity index (χ1n) is 5.51. The van der Waals surface area contributed by atoms with Crippen LogP contribution in [-0.2, 0) is 11.3 Å². The van der Waals surface area contributed by atoms with E-state index < -0.39 is 0 Å². The van der Waals surface area contributed by atoms with Gasteiger partial charge in [-0.05, 0) is 30.5 Å². The molecule has 1 heterocycles. The second-order valence-electron chi connectivity index (χ2n) is 4.00. The summed E-state index contributed by atoms with van der Waals surface area (Å²) in [5.74, 6) is 0. The minimum absolute atomic E-state index is 0.542. The average molecular weight is 260 g/mol. The minimum atomic E-state index is 0.542. The molecule has 1 saturated heterocycles. The van der Waals surface area contributed by atoms with E-state index in [-0.39, 0.29) is 0 Å². The number of halogens is 2. The summed E-state index contributed by atoms with van der Waals surface area (Å²) in [4.78, 5) is 0. The largest absolute Gasteiger partial charge is 0.381 e. The van der Waals surface area contributed by atoms with E-state index in [1.807, 2.05) is 12.1 Å². The number of ether oxygens (including phenoxy) is 1. The molecule has 0 aromatic heterocycles. The molecule has 0 amide bonds. The Morgan fingerprint density at radius 2 is 2.00 bits per heavy atom. The molecular formula is C12H15Cl2NO. The van der Waals surface area contributed by atoms with Gasteiger partial charge in [-0.15, -0.1) is 0 Å². The predicted molar refractivity (Wildman–Crippen MR) is 67.1 cm³/mol. The summed E-state index contributed by atoms with van der Waals surface area (Å²) >= 11 is 11.9. The van der Waals surface area contributed by atoms with Crippen LogP contribution in [0, 0.1) is 0 Å². The first-order chi connectivity index (χ1) is 7.75. The smallest absolute Gasteiger partial charge is 0.0480 e. The van der Waals surface area contributed by atoms with Crippen LogP contribution in [0.1, 0.15) is 18.4 Å². The van der Waals surface area contributed by atoms with Crippen LogP contribution in [-0.4, -0.2) is 19.3 Å².